The van der Waals surface area contributed by atoms with Crippen LogP contribution in [0.15, 0.2) is 5.38 Å². The van der Waals surface area contributed by atoms with Gasteiger partial charge >= 0.3 is 5.97 Å². The quantitative estimate of drug-likeness (QED) is 0.794. The van der Waals surface area contributed by atoms with Crippen molar-refractivity contribution in [2.45, 2.75) is 6.92 Å². The maximum atomic E-state index is 10.6. The molecule has 4 nitrogen and oxygen atoms in total. The molecule has 0 aromatic carbocycles. The summed E-state index contributed by atoms with van der Waals surface area (Å²) in [4.78, 5) is 15.1. The number of aryl methyl sites for hydroxylation is 1. The predicted molar refractivity (Wildman–Crippen MR) is 49.8 cm³/mol. The Labute approximate surface area is 82.4 Å². The van der Waals surface area contributed by atoms with E-state index in [1.54, 1.807) is 4.40 Å². The minimum atomic E-state index is -1.10. The molecular formula is C7H5ClN2O2S. The Morgan fingerprint density at radius 2 is 2.46 bits per heavy atom. The summed E-state index contributed by atoms with van der Waals surface area (Å²) < 4.78 is 1.62. The van der Waals surface area contributed by atoms with Crippen molar-refractivity contribution < 1.29 is 9.90 Å². The van der Waals surface area contributed by atoms with Crippen molar-refractivity contribution in [3.05, 3.63) is 21.9 Å². The topological polar surface area (TPSA) is 54.6 Å². The molecule has 0 spiro atoms. The number of aromatic carboxylic acids is 1. The molecule has 2 aromatic heterocycles. The molecule has 0 radical (unpaired) electrons. The van der Waals surface area contributed by atoms with Gasteiger partial charge in [-0.15, -0.1) is 11.3 Å². The molecule has 2 heterocycles. The second-order valence-electron chi connectivity index (χ2n) is 2.55. The van der Waals surface area contributed by atoms with Gasteiger partial charge in [-0.2, -0.15) is 0 Å². The van der Waals surface area contributed by atoms with Gasteiger partial charge in [0.25, 0.3) is 0 Å². The number of fused-ring (bicyclic) bond motifs is 1. The van der Waals surface area contributed by atoms with Gasteiger partial charge in [0, 0.05) is 11.1 Å². The van der Waals surface area contributed by atoms with Crippen LogP contribution in [-0.2, 0) is 0 Å². The van der Waals surface area contributed by atoms with Crippen LogP contribution in [0, 0.1) is 6.92 Å². The Hall–Kier alpha value is -1.07. The summed E-state index contributed by atoms with van der Waals surface area (Å²) in [5.41, 5.74) is 0.807. The third kappa shape index (κ3) is 1.12. The highest BCUT2D eigenvalue weighted by Gasteiger charge is 2.18. The average molecular weight is 217 g/mol. The Morgan fingerprint density at radius 1 is 1.77 bits per heavy atom. The van der Waals surface area contributed by atoms with Crippen molar-refractivity contribution in [1.82, 2.24) is 9.38 Å². The predicted octanol–water partition coefficient (Wildman–Crippen LogP) is 2.06. The number of thiazole rings is 1. The lowest BCUT2D eigenvalue weighted by Gasteiger charge is -1.90. The van der Waals surface area contributed by atoms with Crippen LogP contribution in [0.1, 0.15) is 16.2 Å². The number of hydrogen-bond acceptors (Lipinski definition) is 3. The molecule has 6 heteroatoms. The highest BCUT2D eigenvalue weighted by atomic mass is 35.5. The van der Waals surface area contributed by atoms with E-state index in [1.165, 1.54) is 11.3 Å². The van der Waals surface area contributed by atoms with Gasteiger partial charge in [-0.3, -0.25) is 4.40 Å². The summed E-state index contributed by atoms with van der Waals surface area (Å²) in [7, 11) is 0. The molecule has 0 aliphatic heterocycles. The van der Waals surface area contributed by atoms with Crippen molar-refractivity contribution in [3.63, 3.8) is 0 Å². The Balaban J connectivity index is 2.82. The number of nitrogens with zero attached hydrogens (tertiary/aromatic N) is 2. The van der Waals surface area contributed by atoms with E-state index in [-0.39, 0.29) is 10.8 Å². The van der Waals surface area contributed by atoms with Crippen molar-refractivity contribution in [2.24, 2.45) is 0 Å². The van der Waals surface area contributed by atoms with Gasteiger partial charge in [-0.05, 0) is 6.92 Å². The third-order valence-electron chi connectivity index (χ3n) is 1.68. The van der Waals surface area contributed by atoms with Gasteiger partial charge in [0.2, 0.25) is 0 Å². The molecule has 0 fully saturated rings. The Bertz CT molecular complexity index is 488. The number of aromatic nitrogens is 2. The van der Waals surface area contributed by atoms with Gasteiger partial charge in [-0.1, -0.05) is 11.6 Å². The molecule has 13 heavy (non-hydrogen) atoms. The van der Waals surface area contributed by atoms with Crippen LogP contribution in [0.5, 0.6) is 0 Å². The first-order valence-corrected chi connectivity index (χ1v) is 4.72. The standard InChI is InChI=1S/C7H5ClN2O2S/c1-3-2-13-7-9-4(6(11)12)5(8)10(3)7/h2H,1H3,(H,11,12). The van der Waals surface area contributed by atoms with Crippen LogP contribution in [-0.4, -0.2) is 20.5 Å². The molecule has 0 aliphatic carbocycles. The number of carbonyl (C=O) groups is 1. The number of hydrogen-bond donors (Lipinski definition) is 1. The van der Waals surface area contributed by atoms with Gasteiger partial charge in [0.05, 0.1) is 0 Å². The smallest absolute Gasteiger partial charge is 0.357 e. The van der Waals surface area contributed by atoms with Crippen LogP contribution in [0.4, 0.5) is 0 Å². The molecule has 0 saturated heterocycles. The molecule has 68 valence electrons. The van der Waals surface area contributed by atoms with E-state index in [2.05, 4.69) is 4.98 Å². The lowest BCUT2D eigenvalue weighted by Crippen LogP contribution is -1.97. The molecular weight excluding hydrogens is 212 g/mol. The maximum Gasteiger partial charge on any atom is 0.357 e. The first-order chi connectivity index (χ1) is 6.11. The fraction of sp³-hybridized carbons (Fsp3) is 0.143. The summed E-state index contributed by atoms with van der Waals surface area (Å²) in [6, 6.07) is 0. The van der Waals surface area contributed by atoms with Crippen molar-refractivity contribution in [3.8, 4) is 0 Å². The molecule has 2 rings (SSSR count). The summed E-state index contributed by atoms with van der Waals surface area (Å²) in [6.07, 6.45) is 0. The highest BCUT2D eigenvalue weighted by molar-refractivity contribution is 7.15. The van der Waals surface area contributed by atoms with Crippen molar-refractivity contribution >= 4 is 33.9 Å². The SMILES string of the molecule is Cc1csc2nc(C(=O)O)c(Cl)n12. The summed E-state index contributed by atoms with van der Waals surface area (Å²) in [5, 5.41) is 10.8. The fourth-order valence-corrected chi connectivity index (χ4v) is 2.35. The van der Waals surface area contributed by atoms with Crippen LogP contribution < -0.4 is 0 Å². The van der Waals surface area contributed by atoms with E-state index < -0.39 is 5.97 Å². The molecule has 0 atom stereocenters. The largest absolute Gasteiger partial charge is 0.476 e. The average Bonchev–Trinajstić information content (AvgIpc) is 2.55. The van der Waals surface area contributed by atoms with E-state index in [1.807, 2.05) is 12.3 Å². The van der Waals surface area contributed by atoms with Gasteiger partial charge in [0.15, 0.2) is 10.7 Å². The molecule has 1 N–H and O–H groups in total. The van der Waals surface area contributed by atoms with Gasteiger partial charge < -0.3 is 5.11 Å². The van der Waals surface area contributed by atoms with E-state index >= 15 is 0 Å². The van der Waals surface area contributed by atoms with Crippen LogP contribution in [0.3, 0.4) is 0 Å². The first-order valence-electron chi connectivity index (χ1n) is 3.46. The monoisotopic (exact) mass is 216 g/mol. The number of halogens is 1. The van der Waals surface area contributed by atoms with Crippen LogP contribution >= 0.6 is 22.9 Å². The summed E-state index contributed by atoms with van der Waals surface area (Å²) in [5.74, 6) is -1.10. The van der Waals surface area contributed by atoms with Gasteiger partial charge in [0.1, 0.15) is 5.15 Å². The minimum absolute atomic E-state index is 0.0865. The third-order valence-corrected chi connectivity index (χ3v) is 2.97. The fourth-order valence-electron chi connectivity index (χ4n) is 1.09. The molecule has 0 unspecified atom stereocenters. The number of imidazole rings is 1. The van der Waals surface area contributed by atoms with Crippen molar-refractivity contribution in [2.75, 3.05) is 0 Å². The summed E-state index contributed by atoms with van der Waals surface area (Å²) >= 11 is 7.20. The molecule has 0 bridgehead atoms. The lowest BCUT2D eigenvalue weighted by molar-refractivity contribution is 0.0691. The van der Waals surface area contributed by atoms with Gasteiger partial charge in [-0.25, -0.2) is 9.78 Å². The molecule has 0 amide bonds. The second kappa shape index (κ2) is 2.71. The molecule has 2 aromatic rings. The van der Waals surface area contributed by atoms with Crippen molar-refractivity contribution in [1.29, 1.82) is 0 Å². The highest BCUT2D eigenvalue weighted by Crippen LogP contribution is 2.24. The first kappa shape index (κ1) is 8.52. The van der Waals surface area contributed by atoms with Crippen LogP contribution in [0.2, 0.25) is 5.15 Å². The Kier molecular flexibility index (Phi) is 1.78. The van der Waals surface area contributed by atoms with E-state index in [9.17, 15) is 4.79 Å². The zero-order chi connectivity index (χ0) is 9.59. The zero-order valence-corrected chi connectivity index (χ0v) is 8.19. The normalized spacial score (nSPS) is 10.9. The number of carboxylic acids is 1. The lowest BCUT2D eigenvalue weighted by atomic mass is 10.5. The van der Waals surface area contributed by atoms with Crippen LogP contribution in [0.25, 0.3) is 4.96 Å². The van der Waals surface area contributed by atoms with E-state index in [0.29, 0.717) is 4.96 Å². The second-order valence-corrected chi connectivity index (χ2v) is 3.75. The van der Waals surface area contributed by atoms with E-state index in [4.69, 9.17) is 16.7 Å². The number of carboxylic acid groups (broad SMARTS) is 1. The van der Waals surface area contributed by atoms with E-state index in [0.717, 1.165) is 5.69 Å². The Morgan fingerprint density at radius 3 is 3.00 bits per heavy atom. The maximum absolute atomic E-state index is 10.6. The molecule has 0 saturated carbocycles. The summed E-state index contributed by atoms with van der Waals surface area (Å²) in [6.45, 7) is 1.85. The zero-order valence-electron chi connectivity index (χ0n) is 6.61. The number of rotatable bonds is 1. The minimum Gasteiger partial charge on any atom is -0.476 e. The molecule has 0 aliphatic rings.